The van der Waals surface area contributed by atoms with E-state index in [9.17, 15) is 14.4 Å². The fourth-order valence-corrected chi connectivity index (χ4v) is 4.88. The predicted molar refractivity (Wildman–Crippen MR) is 144 cm³/mol. The van der Waals surface area contributed by atoms with Gasteiger partial charge in [-0.3, -0.25) is 19.1 Å². The maximum absolute atomic E-state index is 12.5. The van der Waals surface area contributed by atoms with E-state index in [-0.39, 0.29) is 54.6 Å². The van der Waals surface area contributed by atoms with Crippen LogP contribution in [0.3, 0.4) is 0 Å². The van der Waals surface area contributed by atoms with Gasteiger partial charge in [0, 0.05) is 64.6 Å². The summed E-state index contributed by atoms with van der Waals surface area (Å²) in [4.78, 5) is 37.1. The van der Waals surface area contributed by atoms with E-state index in [4.69, 9.17) is 0 Å². The smallest absolute Gasteiger partial charge is 0.222 e. The van der Waals surface area contributed by atoms with Crippen molar-refractivity contribution in [2.24, 2.45) is 0 Å². The van der Waals surface area contributed by atoms with E-state index in [1.807, 2.05) is 63.2 Å². The van der Waals surface area contributed by atoms with Crippen LogP contribution in [0.25, 0.3) is 10.8 Å². The zero-order valence-corrected chi connectivity index (χ0v) is 22.5. The van der Waals surface area contributed by atoms with Crippen molar-refractivity contribution < 1.29 is 14.4 Å². The van der Waals surface area contributed by atoms with E-state index in [0.717, 1.165) is 16.3 Å². The highest BCUT2D eigenvalue weighted by molar-refractivity contribution is 14.2. The molecule has 0 aliphatic rings. The molecule has 2 atom stereocenters. The number of fused-ring (bicyclic) bond motifs is 1. The molecule has 0 heterocycles. The van der Waals surface area contributed by atoms with Crippen LogP contribution in [0.4, 0.5) is 0 Å². The molecular formula is C24H33IN4O3S. The van der Waals surface area contributed by atoms with E-state index < -0.39 is 0 Å². The molecule has 0 saturated carbocycles. The van der Waals surface area contributed by atoms with Crippen LogP contribution in [0.15, 0.2) is 42.5 Å². The number of nitrogens with one attached hydrogen (secondary N) is 4. The second-order valence-electron chi connectivity index (χ2n) is 9.19. The molecule has 0 aliphatic carbocycles. The lowest BCUT2D eigenvalue weighted by atomic mass is 10.0. The molecule has 9 heteroatoms. The first kappa shape index (κ1) is 27.4. The maximum atomic E-state index is 12.5. The lowest BCUT2D eigenvalue weighted by molar-refractivity contribution is -0.124. The number of hydrogen-bond acceptors (Lipinski definition) is 5. The molecule has 2 rings (SSSR count). The summed E-state index contributed by atoms with van der Waals surface area (Å²) in [5, 5.41) is 11.0. The average molecular weight is 585 g/mol. The Balaban J connectivity index is 1.80. The van der Waals surface area contributed by atoms with Gasteiger partial charge in [-0.25, -0.2) is 0 Å². The van der Waals surface area contributed by atoms with Crippen LogP contribution in [0, 0.1) is 0 Å². The Hall–Kier alpha value is -1.85. The topological polar surface area (TPSA) is 99.3 Å². The Kier molecular flexibility index (Phi) is 10.9. The molecule has 0 aromatic heterocycles. The predicted octanol–water partition coefficient (Wildman–Crippen LogP) is 4.00. The Morgan fingerprint density at radius 3 is 2.30 bits per heavy atom. The molecular weight excluding hydrogens is 551 g/mol. The third-order valence-electron chi connectivity index (χ3n) is 4.84. The summed E-state index contributed by atoms with van der Waals surface area (Å²) in [5.74, 6) is -0.437. The van der Waals surface area contributed by atoms with E-state index in [1.165, 1.54) is 9.12 Å². The Labute approximate surface area is 212 Å². The summed E-state index contributed by atoms with van der Waals surface area (Å²) in [6.07, 6.45) is 0.524. The lowest BCUT2D eigenvalue weighted by Crippen LogP contribution is -2.44. The van der Waals surface area contributed by atoms with E-state index in [2.05, 4.69) is 41.9 Å². The molecule has 0 radical (unpaired) electrons. The minimum absolute atomic E-state index is 0.112. The van der Waals surface area contributed by atoms with Crippen LogP contribution in [0.2, 0.25) is 0 Å². The molecule has 4 N–H and O–H groups in total. The molecule has 3 amide bonds. The molecule has 7 nitrogen and oxygen atoms in total. The third kappa shape index (κ3) is 10.3. The first-order valence-corrected chi connectivity index (χ1v) is 14.3. The SMILES string of the molecule is C[C@@H](CC(=O)NCc1cccc2ccccc12)NC(=O)C[C@H](CC(=O)NC(C)(C)C)NSI. The summed E-state index contributed by atoms with van der Waals surface area (Å²) >= 11 is 2.07. The Morgan fingerprint density at radius 1 is 0.939 bits per heavy atom. The van der Waals surface area contributed by atoms with Crippen molar-refractivity contribution in [3.8, 4) is 0 Å². The molecule has 0 bridgehead atoms. The highest BCUT2D eigenvalue weighted by atomic mass is 127. The largest absolute Gasteiger partial charge is 0.353 e. The van der Waals surface area contributed by atoms with Gasteiger partial charge in [0.2, 0.25) is 17.7 Å². The molecule has 180 valence electrons. The van der Waals surface area contributed by atoms with E-state index >= 15 is 0 Å². The zero-order chi connectivity index (χ0) is 24.4. The molecule has 2 aromatic carbocycles. The van der Waals surface area contributed by atoms with Gasteiger partial charge in [-0.2, -0.15) is 0 Å². The highest BCUT2D eigenvalue weighted by Gasteiger charge is 2.22. The van der Waals surface area contributed by atoms with Crippen molar-refractivity contribution in [2.75, 3.05) is 0 Å². The van der Waals surface area contributed by atoms with Crippen LogP contribution in [-0.2, 0) is 20.9 Å². The third-order valence-corrected chi connectivity index (χ3v) is 6.03. The van der Waals surface area contributed by atoms with Gasteiger partial charge in [0.25, 0.3) is 0 Å². The summed E-state index contributed by atoms with van der Waals surface area (Å²) < 4.78 is 3.10. The van der Waals surface area contributed by atoms with Crippen molar-refractivity contribution in [2.45, 2.75) is 71.1 Å². The van der Waals surface area contributed by atoms with Gasteiger partial charge in [0.05, 0.1) is 0 Å². The summed E-state index contributed by atoms with van der Waals surface area (Å²) in [6, 6.07) is 13.5. The molecule has 0 unspecified atom stereocenters. The fourth-order valence-electron chi connectivity index (χ4n) is 3.51. The van der Waals surface area contributed by atoms with Crippen molar-refractivity contribution in [1.29, 1.82) is 0 Å². The molecule has 2 aromatic rings. The monoisotopic (exact) mass is 584 g/mol. The van der Waals surface area contributed by atoms with Gasteiger partial charge in [-0.15, -0.1) is 0 Å². The van der Waals surface area contributed by atoms with Gasteiger partial charge in [0.15, 0.2) is 0 Å². The number of rotatable bonds is 11. The zero-order valence-electron chi connectivity index (χ0n) is 19.5. The number of halogens is 1. The fraction of sp³-hybridized carbons (Fsp3) is 0.458. The van der Waals surface area contributed by atoms with Gasteiger partial charge in [-0.05, 0) is 53.2 Å². The Morgan fingerprint density at radius 2 is 1.61 bits per heavy atom. The van der Waals surface area contributed by atoms with Gasteiger partial charge in [0.1, 0.15) is 0 Å². The van der Waals surface area contributed by atoms with Crippen LogP contribution in [0.1, 0.15) is 52.5 Å². The van der Waals surface area contributed by atoms with E-state index in [0.29, 0.717) is 6.54 Å². The van der Waals surface area contributed by atoms with Crippen molar-refractivity contribution >= 4 is 58.8 Å². The van der Waals surface area contributed by atoms with Crippen LogP contribution < -0.4 is 20.7 Å². The maximum Gasteiger partial charge on any atom is 0.222 e. The number of carbonyl (C=O) groups is 3. The number of hydrogen-bond donors (Lipinski definition) is 4. The second-order valence-corrected chi connectivity index (χ2v) is 10.9. The van der Waals surface area contributed by atoms with Gasteiger partial charge < -0.3 is 16.0 Å². The molecule has 0 aliphatic heterocycles. The van der Waals surface area contributed by atoms with Gasteiger partial charge >= 0.3 is 0 Å². The van der Waals surface area contributed by atoms with Crippen molar-refractivity contribution in [3.63, 3.8) is 0 Å². The minimum Gasteiger partial charge on any atom is -0.353 e. The first-order valence-electron chi connectivity index (χ1n) is 10.9. The normalized spacial score (nSPS) is 13.2. The molecule has 33 heavy (non-hydrogen) atoms. The number of benzene rings is 2. The summed E-state index contributed by atoms with van der Waals surface area (Å²) in [6.45, 7) is 7.99. The van der Waals surface area contributed by atoms with E-state index in [1.54, 1.807) is 6.92 Å². The van der Waals surface area contributed by atoms with Crippen molar-refractivity contribution in [3.05, 3.63) is 48.0 Å². The van der Waals surface area contributed by atoms with Crippen LogP contribution in [-0.4, -0.2) is 35.3 Å². The van der Waals surface area contributed by atoms with Crippen molar-refractivity contribution in [1.82, 2.24) is 20.7 Å². The first-order chi connectivity index (χ1) is 15.6. The summed E-state index contributed by atoms with van der Waals surface area (Å²) in [5.41, 5.74) is 0.729. The second kappa shape index (κ2) is 13.1. The molecule has 0 spiro atoms. The molecule has 0 fully saturated rings. The average Bonchev–Trinajstić information content (AvgIpc) is 2.70. The van der Waals surface area contributed by atoms with Gasteiger partial charge in [-0.1, -0.05) is 42.5 Å². The van der Waals surface area contributed by atoms with Crippen LogP contribution >= 0.6 is 30.3 Å². The number of carbonyl (C=O) groups excluding carboxylic acids is 3. The number of amides is 3. The standard InChI is InChI=1S/C24H33IN4O3S/c1-16(27-22(31)13-19(29-33-25)14-23(32)28-24(2,3)4)12-21(30)26-15-18-10-7-9-17-8-5-6-11-20(17)18/h5-11,16,19,29H,12-15H2,1-4H3,(H,26,30)(H,27,31)(H,28,32)/t16-,19+/m0/s1. The highest BCUT2D eigenvalue weighted by Crippen LogP contribution is 2.18. The van der Waals surface area contributed by atoms with Crippen LogP contribution in [0.5, 0.6) is 0 Å². The quantitative estimate of drug-likeness (QED) is 0.237. The summed E-state index contributed by atoms with van der Waals surface area (Å²) in [7, 11) is 1.34. The molecule has 0 saturated heterocycles. The lowest BCUT2D eigenvalue weighted by Gasteiger charge is -2.23. The Bertz CT molecular complexity index is 959. The minimum atomic E-state index is -0.324.